The maximum Gasteiger partial charge on any atom is 0.267 e. The first-order valence-corrected chi connectivity index (χ1v) is 8.45. The number of nitrogens with zero attached hydrogens (tertiary/aromatic N) is 4. The van der Waals surface area contributed by atoms with Crippen LogP contribution in [-0.4, -0.2) is 50.4 Å². The summed E-state index contributed by atoms with van der Waals surface area (Å²) in [6, 6.07) is 5.28. The summed E-state index contributed by atoms with van der Waals surface area (Å²) in [6.07, 6.45) is 3.48. The van der Waals surface area contributed by atoms with Crippen LogP contribution >= 0.6 is 0 Å². The van der Waals surface area contributed by atoms with Crippen LogP contribution in [-0.2, 0) is 4.74 Å². The van der Waals surface area contributed by atoms with Crippen molar-refractivity contribution in [3.8, 4) is 17.1 Å². The molecule has 0 saturated carbocycles. The first kappa shape index (κ1) is 17.3. The van der Waals surface area contributed by atoms with Gasteiger partial charge in [0.1, 0.15) is 11.4 Å². The van der Waals surface area contributed by atoms with Crippen molar-refractivity contribution < 1.29 is 18.3 Å². The Hall–Kier alpha value is -3.14. The number of benzene rings is 1. The Labute approximate surface area is 152 Å². The Bertz CT molecular complexity index is 964. The quantitative estimate of drug-likeness (QED) is 0.710. The van der Waals surface area contributed by atoms with Gasteiger partial charge in [-0.2, -0.15) is 4.68 Å². The minimum absolute atomic E-state index is 0.0339. The van der Waals surface area contributed by atoms with Crippen LogP contribution in [0.2, 0.25) is 0 Å². The summed E-state index contributed by atoms with van der Waals surface area (Å²) in [5, 5.41) is 13.9. The molecule has 1 aromatic carbocycles. The van der Waals surface area contributed by atoms with E-state index in [1.807, 2.05) is 0 Å². The molecule has 3 aromatic rings. The molecule has 1 aliphatic rings. The molecule has 10 heteroatoms. The molecule has 140 valence electrons. The lowest BCUT2D eigenvalue weighted by atomic mass is 10.2. The number of H-pyrrole nitrogens is 1. The fourth-order valence-corrected chi connectivity index (χ4v) is 2.95. The number of nitrogens with one attached hydrogen (secondary N) is 2. The lowest BCUT2D eigenvalue weighted by Gasteiger charge is -2.09. The van der Waals surface area contributed by atoms with Gasteiger partial charge in [-0.05, 0) is 41.5 Å². The van der Waals surface area contributed by atoms with E-state index in [4.69, 9.17) is 4.74 Å². The SMILES string of the molecule is O=C(NC[C@H]1CCCO1)c1cc(-c2nnnn2-c2cccc(F)c2F)c[nH]1. The van der Waals surface area contributed by atoms with Gasteiger partial charge in [-0.1, -0.05) is 6.07 Å². The molecule has 0 spiro atoms. The molecule has 1 amide bonds. The first-order chi connectivity index (χ1) is 13.1. The fourth-order valence-electron chi connectivity index (χ4n) is 2.95. The van der Waals surface area contributed by atoms with E-state index in [0.717, 1.165) is 23.6 Å². The van der Waals surface area contributed by atoms with E-state index in [-0.39, 0.29) is 23.5 Å². The van der Waals surface area contributed by atoms with Crippen LogP contribution < -0.4 is 5.32 Å². The number of carbonyl (C=O) groups is 1. The first-order valence-electron chi connectivity index (χ1n) is 8.45. The summed E-state index contributed by atoms with van der Waals surface area (Å²) in [4.78, 5) is 15.1. The van der Waals surface area contributed by atoms with Gasteiger partial charge in [0.2, 0.25) is 0 Å². The lowest BCUT2D eigenvalue weighted by Crippen LogP contribution is -2.31. The highest BCUT2D eigenvalue weighted by molar-refractivity contribution is 5.93. The van der Waals surface area contributed by atoms with E-state index in [1.165, 1.54) is 18.3 Å². The summed E-state index contributed by atoms with van der Waals surface area (Å²) in [5.74, 6) is -2.19. The van der Waals surface area contributed by atoms with E-state index < -0.39 is 11.6 Å². The van der Waals surface area contributed by atoms with Gasteiger partial charge in [-0.25, -0.2) is 8.78 Å². The van der Waals surface area contributed by atoms with E-state index in [2.05, 4.69) is 25.8 Å². The highest BCUT2D eigenvalue weighted by Gasteiger charge is 2.20. The molecule has 27 heavy (non-hydrogen) atoms. The van der Waals surface area contributed by atoms with Crippen molar-refractivity contribution in [3.63, 3.8) is 0 Å². The van der Waals surface area contributed by atoms with E-state index in [9.17, 15) is 13.6 Å². The second kappa shape index (κ2) is 7.23. The number of halogens is 2. The minimum Gasteiger partial charge on any atom is -0.376 e. The fraction of sp³-hybridized carbons (Fsp3) is 0.294. The van der Waals surface area contributed by atoms with Gasteiger partial charge in [0, 0.05) is 24.9 Å². The normalized spacial score (nSPS) is 16.6. The number of rotatable bonds is 5. The Morgan fingerprint density at radius 1 is 1.41 bits per heavy atom. The average Bonchev–Trinajstić information content (AvgIpc) is 3.42. The molecule has 3 heterocycles. The van der Waals surface area contributed by atoms with Crippen molar-refractivity contribution in [2.45, 2.75) is 18.9 Å². The zero-order valence-electron chi connectivity index (χ0n) is 14.2. The van der Waals surface area contributed by atoms with Crippen LogP contribution in [0.15, 0.2) is 30.5 Å². The maximum atomic E-state index is 14.1. The lowest BCUT2D eigenvalue weighted by molar-refractivity contribution is 0.0854. The summed E-state index contributed by atoms with van der Waals surface area (Å²) in [5.41, 5.74) is 0.642. The molecule has 0 bridgehead atoms. The second-order valence-corrected chi connectivity index (χ2v) is 6.13. The van der Waals surface area contributed by atoms with Crippen LogP contribution in [0.25, 0.3) is 17.1 Å². The van der Waals surface area contributed by atoms with Crippen LogP contribution in [0.4, 0.5) is 8.78 Å². The van der Waals surface area contributed by atoms with Crippen molar-refractivity contribution in [2.24, 2.45) is 0 Å². The molecule has 0 unspecified atom stereocenters. The Morgan fingerprint density at radius 3 is 3.11 bits per heavy atom. The average molecular weight is 374 g/mol. The van der Waals surface area contributed by atoms with Gasteiger partial charge >= 0.3 is 0 Å². The van der Waals surface area contributed by atoms with Crippen LogP contribution in [0.5, 0.6) is 0 Å². The highest BCUT2D eigenvalue weighted by atomic mass is 19.2. The van der Waals surface area contributed by atoms with Gasteiger partial charge in [0.15, 0.2) is 17.5 Å². The molecule has 1 atom stereocenters. The van der Waals surface area contributed by atoms with Gasteiger partial charge in [0.25, 0.3) is 5.91 Å². The number of carbonyl (C=O) groups excluding carboxylic acids is 1. The molecule has 1 fully saturated rings. The summed E-state index contributed by atoms with van der Waals surface area (Å²) < 4.78 is 34.1. The number of aromatic nitrogens is 5. The number of amides is 1. The Morgan fingerprint density at radius 2 is 2.30 bits per heavy atom. The zero-order valence-corrected chi connectivity index (χ0v) is 14.2. The molecular formula is C17H16F2N6O2. The van der Waals surface area contributed by atoms with E-state index >= 15 is 0 Å². The number of hydrogen-bond donors (Lipinski definition) is 2. The number of ether oxygens (including phenoxy) is 1. The predicted molar refractivity (Wildman–Crippen MR) is 90.2 cm³/mol. The highest BCUT2D eigenvalue weighted by Crippen LogP contribution is 2.23. The molecule has 2 N–H and O–H groups in total. The molecule has 0 aliphatic carbocycles. The summed E-state index contributed by atoms with van der Waals surface area (Å²) in [7, 11) is 0. The van der Waals surface area contributed by atoms with Crippen molar-refractivity contribution in [3.05, 3.63) is 47.8 Å². The second-order valence-electron chi connectivity index (χ2n) is 6.13. The third-order valence-corrected chi connectivity index (χ3v) is 4.33. The van der Waals surface area contributed by atoms with Crippen LogP contribution in [0.3, 0.4) is 0 Å². The van der Waals surface area contributed by atoms with E-state index in [1.54, 1.807) is 6.07 Å². The standard InChI is InChI=1S/C17H16F2N6O2/c18-12-4-1-5-14(15(12)19)25-16(22-23-24-25)10-7-13(20-8-10)17(26)21-9-11-3-2-6-27-11/h1,4-5,7-8,11,20H,2-3,6,9H2,(H,21,26)/t11-/m1/s1. The van der Waals surface area contributed by atoms with Gasteiger partial charge in [-0.3, -0.25) is 4.79 Å². The predicted octanol–water partition coefficient (Wildman–Crippen LogP) is 1.84. The monoisotopic (exact) mass is 374 g/mol. The summed E-state index contributed by atoms with van der Waals surface area (Å²) in [6.45, 7) is 1.14. The van der Waals surface area contributed by atoms with Crippen molar-refractivity contribution in [1.29, 1.82) is 0 Å². The van der Waals surface area contributed by atoms with Crippen molar-refractivity contribution in [2.75, 3.05) is 13.2 Å². The molecule has 4 rings (SSSR count). The van der Waals surface area contributed by atoms with Crippen molar-refractivity contribution >= 4 is 5.91 Å². The maximum absolute atomic E-state index is 14.1. The molecule has 1 saturated heterocycles. The Balaban J connectivity index is 1.55. The molecule has 1 aliphatic heterocycles. The third kappa shape index (κ3) is 3.43. The smallest absolute Gasteiger partial charge is 0.267 e. The van der Waals surface area contributed by atoms with Crippen LogP contribution in [0.1, 0.15) is 23.3 Å². The van der Waals surface area contributed by atoms with Gasteiger partial charge < -0.3 is 15.0 Å². The van der Waals surface area contributed by atoms with E-state index in [0.29, 0.717) is 24.4 Å². The topological polar surface area (TPSA) is 97.7 Å². The minimum atomic E-state index is -1.06. The Kier molecular flexibility index (Phi) is 4.63. The summed E-state index contributed by atoms with van der Waals surface area (Å²) >= 11 is 0. The largest absolute Gasteiger partial charge is 0.376 e. The number of aromatic amines is 1. The number of hydrogen-bond acceptors (Lipinski definition) is 5. The zero-order chi connectivity index (χ0) is 18.8. The molecule has 8 nitrogen and oxygen atoms in total. The molecular weight excluding hydrogens is 358 g/mol. The molecule has 0 radical (unpaired) electrons. The van der Waals surface area contributed by atoms with Crippen molar-refractivity contribution in [1.82, 2.24) is 30.5 Å². The van der Waals surface area contributed by atoms with Gasteiger partial charge in [-0.15, -0.1) is 5.10 Å². The molecule has 2 aromatic heterocycles. The van der Waals surface area contributed by atoms with Gasteiger partial charge in [0.05, 0.1) is 6.10 Å². The van der Waals surface area contributed by atoms with Crippen LogP contribution in [0, 0.1) is 11.6 Å². The third-order valence-electron chi connectivity index (χ3n) is 4.33. The number of tetrazole rings is 1.